The lowest BCUT2D eigenvalue weighted by Gasteiger charge is -1.96. The van der Waals surface area contributed by atoms with E-state index >= 15 is 0 Å². The molecule has 1 aromatic rings. The SMILES string of the molecule is CC.Cc1cnc2c(c1)CC(=O)N2. The zero-order valence-corrected chi connectivity index (χ0v) is 8.22. The monoisotopic (exact) mass is 178 g/mol. The maximum Gasteiger partial charge on any atom is 0.230 e. The first kappa shape index (κ1) is 9.71. The van der Waals surface area contributed by atoms with E-state index in [0.29, 0.717) is 6.42 Å². The number of aromatic nitrogens is 1. The van der Waals surface area contributed by atoms with Gasteiger partial charge in [-0.25, -0.2) is 4.98 Å². The molecule has 0 unspecified atom stereocenters. The summed E-state index contributed by atoms with van der Waals surface area (Å²) in [6.45, 7) is 5.97. The van der Waals surface area contributed by atoms with Crippen molar-refractivity contribution < 1.29 is 4.79 Å². The lowest BCUT2D eigenvalue weighted by molar-refractivity contribution is -0.115. The first-order valence-electron chi connectivity index (χ1n) is 4.51. The molecule has 0 radical (unpaired) electrons. The number of anilines is 1. The van der Waals surface area contributed by atoms with E-state index in [1.54, 1.807) is 6.20 Å². The predicted molar refractivity (Wildman–Crippen MR) is 52.7 cm³/mol. The minimum absolute atomic E-state index is 0.0399. The molecule has 1 amide bonds. The molecule has 0 spiro atoms. The van der Waals surface area contributed by atoms with Crippen LogP contribution in [-0.4, -0.2) is 10.9 Å². The van der Waals surface area contributed by atoms with Gasteiger partial charge in [0, 0.05) is 11.8 Å². The van der Waals surface area contributed by atoms with E-state index in [0.717, 1.165) is 16.9 Å². The van der Waals surface area contributed by atoms with Crippen LogP contribution in [0, 0.1) is 6.92 Å². The van der Waals surface area contributed by atoms with Gasteiger partial charge in [0.2, 0.25) is 5.91 Å². The van der Waals surface area contributed by atoms with Crippen LogP contribution in [0.2, 0.25) is 0 Å². The van der Waals surface area contributed by atoms with Crippen LogP contribution in [0.25, 0.3) is 0 Å². The Morgan fingerprint density at radius 1 is 1.46 bits per heavy atom. The van der Waals surface area contributed by atoms with Crippen molar-refractivity contribution in [3.63, 3.8) is 0 Å². The van der Waals surface area contributed by atoms with Gasteiger partial charge >= 0.3 is 0 Å². The van der Waals surface area contributed by atoms with Gasteiger partial charge in [0.25, 0.3) is 0 Å². The number of pyridine rings is 1. The van der Waals surface area contributed by atoms with E-state index in [1.807, 2.05) is 26.8 Å². The number of nitrogens with zero attached hydrogens (tertiary/aromatic N) is 1. The van der Waals surface area contributed by atoms with Crippen LogP contribution in [-0.2, 0) is 11.2 Å². The molecule has 1 aromatic heterocycles. The van der Waals surface area contributed by atoms with Gasteiger partial charge in [-0.3, -0.25) is 4.79 Å². The third kappa shape index (κ3) is 2.05. The minimum Gasteiger partial charge on any atom is -0.310 e. The molecule has 0 aromatic carbocycles. The number of carbonyl (C=O) groups is 1. The van der Waals surface area contributed by atoms with Crippen molar-refractivity contribution in [1.29, 1.82) is 0 Å². The van der Waals surface area contributed by atoms with Crippen molar-refractivity contribution in [3.8, 4) is 0 Å². The van der Waals surface area contributed by atoms with Gasteiger partial charge < -0.3 is 5.32 Å². The molecule has 0 aliphatic carbocycles. The molecule has 1 aliphatic heterocycles. The number of fused-ring (bicyclic) bond motifs is 1. The smallest absolute Gasteiger partial charge is 0.230 e. The molecule has 13 heavy (non-hydrogen) atoms. The van der Waals surface area contributed by atoms with Crippen molar-refractivity contribution in [3.05, 3.63) is 23.4 Å². The Labute approximate surface area is 78.2 Å². The highest BCUT2D eigenvalue weighted by molar-refractivity contribution is 5.97. The van der Waals surface area contributed by atoms with Gasteiger partial charge in [0.05, 0.1) is 6.42 Å². The van der Waals surface area contributed by atoms with Crippen molar-refractivity contribution in [2.45, 2.75) is 27.2 Å². The van der Waals surface area contributed by atoms with Crippen LogP contribution in [0.3, 0.4) is 0 Å². The molecule has 0 fully saturated rings. The zero-order valence-electron chi connectivity index (χ0n) is 8.22. The highest BCUT2D eigenvalue weighted by Gasteiger charge is 2.17. The Morgan fingerprint density at radius 2 is 2.15 bits per heavy atom. The number of carbonyl (C=O) groups excluding carboxylic acids is 1. The zero-order chi connectivity index (χ0) is 9.84. The number of hydrogen-bond acceptors (Lipinski definition) is 2. The van der Waals surface area contributed by atoms with E-state index in [1.165, 1.54) is 0 Å². The van der Waals surface area contributed by atoms with Gasteiger partial charge in [0.15, 0.2) is 0 Å². The van der Waals surface area contributed by atoms with Gasteiger partial charge in [-0.15, -0.1) is 0 Å². The van der Waals surface area contributed by atoms with Crippen molar-refractivity contribution >= 4 is 11.7 Å². The summed E-state index contributed by atoms with van der Waals surface area (Å²) < 4.78 is 0. The molecule has 0 saturated carbocycles. The van der Waals surface area contributed by atoms with Gasteiger partial charge in [0.1, 0.15) is 5.82 Å². The van der Waals surface area contributed by atoms with Crippen LogP contribution in [0.4, 0.5) is 5.82 Å². The van der Waals surface area contributed by atoms with Crippen LogP contribution in [0.5, 0.6) is 0 Å². The summed E-state index contributed by atoms with van der Waals surface area (Å²) in [7, 11) is 0. The number of nitrogens with one attached hydrogen (secondary N) is 1. The third-order valence-electron chi connectivity index (χ3n) is 1.71. The van der Waals surface area contributed by atoms with E-state index < -0.39 is 0 Å². The van der Waals surface area contributed by atoms with Crippen LogP contribution < -0.4 is 5.32 Å². The lowest BCUT2D eigenvalue weighted by atomic mass is 10.2. The molecule has 0 atom stereocenters. The normalized spacial score (nSPS) is 12.7. The summed E-state index contributed by atoms with van der Waals surface area (Å²) in [5.74, 6) is 0.763. The highest BCUT2D eigenvalue weighted by Crippen LogP contribution is 2.19. The van der Waals surface area contributed by atoms with Crippen molar-refractivity contribution in [2.24, 2.45) is 0 Å². The second-order valence-corrected chi connectivity index (χ2v) is 2.75. The summed E-state index contributed by atoms with van der Waals surface area (Å²) in [5.41, 5.74) is 2.11. The Balaban J connectivity index is 0.000000396. The highest BCUT2D eigenvalue weighted by atomic mass is 16.1. The van der Waals surface area contributed by atoms with E-state index in [9.17, 15) is 4.79 Å². The number of hydrogen-bond donors (Lipinski definition) is 1. The first-order valence-corrected chi connectivity index (χ1v) is 4.51. The third-order valence-corrected chi connectivity index (χ3v) is 1.71. The average molecular weight is 178 g/mol. The number of amides is 1. The molecule has 0 saturated heterocycles. The molecule has 0 bridgehead atoms. The average Bonchev–Trinajstić information content (AvgIpc) is 2.48. The second kappa shape index (κ2) is 4.03. The fourth-order valence-electron chi connectivity index (χ4n) is 1.23. The molecular formula is C10H14N2O. The number of aryl methyl sites for hydroxylation is 1. The molecule has 2 rings (SSSR count). The number of rotatable bonds is 0. The van der Waals surface area contributed by atoms with Gasteiger partial charge in [-0.05, 0) is 12.5 Å². The fourth-order valence-corrected chi connectivity index (χ4v) is 1.23. The molecule has 3 nitrogen and oxygen atoms in total. The van der Waals surface area contributed by atoms with Crippen molar-refractivity contribution in [2.75, 3.05) is 5.32 Å². The van der Waals surface area contributed by atoms with E-state index in [4.69, 9.17) is 0 Å². The maximum absolute atomic E-state index is 10.9. The summed E-state index contributed by atoms with van der Waals surface area (Å²) in [5, 5.41) is 2.67. The second-order valence-electron chi connectivity index (χ2n) is 2.75. The molecule has 2 heterocycles. The minimum atomic E-state index is 0.0399. The first-order chi connectivity index (χ1) is 6.25. The fraction of sp³-hybridized carbons (Fsp3) is 0.400. The summed E-state index contributed by atoms with van der Waals surface area (Å²) in [6, 6.07) is 1.99. The summed E-state index contributed by atoms with van der Waals surface area (Å²) in [6.07, 6.45) is 2.23. The lowest BCUT2D eigenvalue weighted by Crippen LogP contribution is -2.04. The van der Waals surface area contributed by atoms with Gasteiger partial charge in [-0.1, -0.05) is 19.9 Å². The van der Waals surface area contributed by atoms with Crippen LogP contribution in [0.1, 0.15) is 25.0 Å². The quantitative estimate of drug-likeness (QED) is 0.659. The Bertz CT molecular complexity index is 321. The Morgan fingerprint density at radius 3 is 2.85 bits per heavy atom. The molecule has 1 N–H and O–H groups in total. The van der Waals surface area contributed by atoms with E-state index in [2.05, 4.69) is 10.3 Å². The summed E-state index contributed by atoms with van der Waals surface area (Å²) in [4.78, 5) is 14.9. The van der Waals surface area contributed by atoms with Crippen LogP contribution in [0.15, 0.2) is 12.3 Å². The largest absolute Gasteiger partial charge is 0.310 e. The molecule has 1 aliphatic rings. The standard InChI is InChI=1S/C8H8N2O.C2H6/c1-5-2-6-3-7(11)10-8(6)9-4-5;1-2/h2,4H,3H2,1H3,(H,9,10,11);1-2H3. The van der Waals surface area contributed by atoms with Gasteiger partial charge in [-0.2, -0.15) is 0 Å². The van der Waals surface area contributed by atoms with Crippen LogP contribution >= 0.6 is 0 Å². The maximum atomic E-state index is 10.9. The summed E-state index contributed by atoms with van der Waals surface area (Å²) >= 11 is 0. The molecular weight excluding hydrogens is 164 g/mol. The van der Waals surface area contributed by atoms with Crippen molar-refractivity contribution in [1.82, 2.24) is 4.98 Å². The predicted octanol–water partition coefficient (Wildman–Crippen LogP) is 1.91. The Kier molecular flexibility index (Phi) is 3.01. The molecule has 70 valence electrons. The van der Waals surface area contributed by atoms with E-state index in [-0.39, 0.29) is 5.91 Å². The molecule has 3 heteroatoms. The Hall–Kier alpha value is -1.38. The topological polar surface area (TPSA) is 42.0 Å².